The van der Waals surface area contributed by atoms with Gasteiger partial charge in [-0.05, 0) is 71.1 Å². The first-order valence-electron chi connectivity index (χ1n) is 11.9. The molecule has 0 saturated carbocycles. The summed E-state index contributed by atoms with van der Waals surface area (Å²) in [7, 11) is 4.10. The Kier molecular flexibility index (Phi) is 6.71. The van der Waals surface area contributed by atoms with E-state index in [1.54, 1.807) is 6.07 Å². The van der Waals surface area contributed by atoms with Crippen LogP contribution < -0.4 is 5.32 Å². The molecule has 0 amide bonds. The van der Waals surface area contributed by atoms with Crippen molar-refractivity contribution in [1.82, 2.24) is 24.8 Å². The number of nitrogens with one attached hydrogen (secondary N) is 1. The van der Waals surface area contributed by atoms with Crippen molar-refractivity contribution in [3.63, 3.8) is 0 Å². The minimum atomic E-state index is -0.291. The lowest BCUT2D eigenvalue weighted by atomic mass is 9.96. The van der Waals surface area contributed by atoms with Gasteiger partial charge in [0, 0.05) is 54.1 Å². The van der Waals surface area contributed by atoms with E-state index >= 15 is 4.39 Å². The Labute approximate surface area is 201 Å². The standard InChI is InChI=1S/C28H34FN5/c1-8-21(26(30-9-2)16-33(6)7)20-12-23-22(10-11-25(23)31-15-20)19-13-24(29)28-27(14-19)34(17(3)4)18(5)32-28/h8,10,12-15,17,30H,1,9,11,16H2,2-7H3/b26-21+. The van der Waals surface area contributed by atoms with Crippen LogP contribution >= 0.6 is 0 Å². The zero-order chi connectivity index (χ0) is 24.6. The minimum Gasteiger partial charge on any atom is -0.387 e. The third kappa shape index (κ3) is 4.30. The summed E-state index contributed by atoms with van der Waals surface area (Å²) in [5, 5.41) is 3.49. The van der Waals surface area contributed by atoms with Crippen LogP contribution in [0.25, 0.3) is 22.2 Å². The van der Waals surface area contributed by atoms with Crippen LogP contribution in [0.4, 0.5) is 4.39 Å². The van der Waals surface area contributed by atoms with Gasteiger partial charge in [-0.1, -0.05) is 18.7 Å². The first kappa shape index (κ1) is 23.9. The van der Waals surface area contributed by atoms with Gasteiger partial charge in [-0.2, -0.15) is 0 Å². The van der Waals surface area contributed by atoms with Crippen molar-refractivity contribution in [2.45, 2.75) is 40.2 Å². The third-order valence-corrected chi connectivity index (χ3v) is 6.22. The molecule has 0 fully saturated rings. The summed E-state index contributed by atoms with van der Waals surface area (Å²) in [6, 6.07) is 6.03. The molecule has 0 atom stereocenters. The number of fused-ring (bicyclic) bond motifs is 2. The highest BCUT2D eigenvalue weighted by molar-refractivity contribution is 5.90. The molecule has 1 aromatic carbocycles. The average molecular weight is 460 g/mol. The highest BCUT2D eigenvalue weighted by Gasteiger charge is 2.22. The summed E-state index contributed by atoms with van der Waals surface area (Å²) < 4.78 is 17.2. The van der Waals surface area contributed by atoms with Gasteiger partial charge in [0.2, 0.25) is 0 Å². The topological polar surface area (TPSA) is 46.0 Å². The number of benzene rings is 1. The molecule has 6 heteroatoms. The van der Waals surface area contributed by atoms with Crippen molar-refractivity contribution in [2.75, 3.05) is 27.2 Å². The summed E-state index contributed by atoms with van der Waals surface area (Å²) in [6.07, 6.45) is 6.69. The summed E-state index contributed by atoms with van der Waals surface area (Å²) in [5.74, 6) is 0.531. The first-order chi connectivity index (χ1) is 16.2. The van der Waals surface area contributed by atoms with Gasteiger partial charge >= 0.3 is 0 Å². The SMILES string of the molecule is C=C/C(=C(/CN(C)C)NCC)c1cnc2c(c1)C(c1cc(F)c3nc(C)n(C(C)C)c3c1)=CC2. The van der Waals surface area contributed by atoms with Crippen LogP contribution in [0.2, 0.25) is 0 Å². The van der Waals surface area contributed by atoms with E-state index < -0.39 is 0 Å². The van der Waals surface area contributed by atoms with Gasteiger partial charge in [0.1, 0.15) is 11.3 Å². The molecular formula is C28H34FN5. The number of hydrogen-bond donors (Lipinski definition) is 1. The molecule has 34 heavy (non-hydrogen) atoms. The molecule has 2 aromatic heterocycles. The Hall–Kier alpha value is -3.25. The van der Waals surface area contributed by atoms with Crippen molar-refractivity contribution >= 4 is 22.2 Å². The number of likely N-dealkylation sites (N-methyl/N-ethyl adjacent to an activating group) is 2. The van der Waals surface area contributed by atoms with Crippen LogP contribution in [-0.4, -0.2) is 46.6 Å². The first-order valence-corrected chi connectivity index (χ1v) is 11.9. The number of rotatable bonds is 8. The normalized spacial score (nSPS) is 14.0. The molecule has 0 spiro atoms. The molecule has 178 valence electrons. The molecule has 0 aliphatic heterocycles. The highest BCUT2D eigenvalue weighted by atomic mass is 19.1. The van der Waals surface area contributed by atoms with Crippen molar-refractivity contribution in [3.8, 4) is 0 Å². The van der Waals surface area contributed by atoms with Crippen molar-refractivity contribution in [1.29, 1.82) is 0 Å². The van der Waals surface area contributed by atoms with E-state index in [4.69, 9.17) is 4.98 Å². The quantitative estimate of drug-likeness (QED) is 0.451. The third-order valence-electron chi connectivity index (χ3n) is 6.22. The lowest BCUT2D eigenvalue weighted by Gasteiger charge is -2.19. The average Bonchev–Trinajstić information content (AvgIpc) is 3.34. The smallest absolute Gasteiger partial charge is 0.151 e. The van der Waals surface area contributed by atoms with Crippen molar-refractivity contribution in [3.05, 3.63) is 82.8 Å². The highest BCUT2D eigenvalue weighted by Crippen LogP contribution is 2.36. The number of aromatic nitrogens is 3. The van der Waals surface area contributed by atoms with E-state index in [1.165, 1.54) is 0 Å². The number of pyridine rings is 1. The summed E-state index contributed by atoms with van der Waals surface area (Å²) >= 11 is 0. The van der Waals surface area contributed by atoms with Gasteiger partial charge in [-0.15, -0.1) is 0 Å². The Balaban J connectivity index is 1.83. The second-order valence-corrected chi connectivity index (χ2v) is 9.35. The zero-order valence-corrected chi connectivity index (χ0v) is 21.0. The minimum absolute atomic E-state index is 0.194. The second-order valence-electron chi connectivity index (χ2n) is 9.35. The van der Waals surface area contributed by atoms with Crippen LogP contribution in [0.3, 0.4) is 0 Å². The van der Waals surface area contributed by atoms with Gasteiger partial charge in [0.25, 0.3) is 0 Å². The van der Waals surface area contributed by atoms with Gasteiger partial charge in [-0.25, -0.2) is 9.37 Å². The number of nitrogens with zero attached hydrogens (tertiary/aromatic N) is 4. The fourth-order valence-corrected chi connectivity index (χ4v) is 4.88. The van der Waals surface area contributed by atoms with Crippen molar-refractivity contribution in [2.24, 2.45) is 0 Å². The van der Waals surface area contributed by atoms with Gasteiger partial charge in [0.15, 0.2) is 5.82 Å². The molecule has 5 nitrogen and oxygen atoms in total. The van der Waals surface area contributed by atoms with E-state index in [0.29, 0.717) is 5.52 Å². The Morgan fingerprint density at radius 2 is 2.06 bits per heavy atom. The Morgan fingerprint density at radius 3 is 2.71 bits per heavy atom. The molecule has 0 unspecified atom stereocenters. The van der Waals surface area contributed by atoms with Crippen LogP contribution in [0, 0.1) is 12.7 Å². The summed E-state index contributed by atoms with van der Waals surface area (Å²) in [4.78, 5) is 11.4. The van der Waals surface area contributed by atoms with Crippen LogP contribution in [-0.2, 0) is 6.42 Å². The molecule has 4 rings (SSSR count). The molecule has 2 heterocycles. The lowest BCUT2D eigenvalue weighted by Crippen LogP contribution is -2.25. The Morgan fingerprint density at radius 1 is 1.29 bits per heavy atom. The number of halogens is 1. The number of allylic oxidation sites excluding steroid dienone is 3. The molecule has 0 bridgehead atoms. The van der Waals surface area contributed by atoms with E-state index in [0.717, 1.165) is 70.1 Å². The van der Waals surface area contributed by atoms with E-state index in [2.05, 4.69) is 65.3 Å². The van der Waals surface area contributed by atoms with Crippen molar-refractivity contribution < 1.29 is 4.39 Å². The maximum absolute atomic E-state index is 15.2. The fraction of sp³-hybridized carbons (Fsp3) is 0.357. The molecule has 1 aliphatic carbocycles. The predicted octanol–water partition coefficient (Wildman–Crippen LogP) is 5.52. The van der Waals surface area contributed by atoms with Crippen LogP contribution in [0.1, 0.15) is 55.0 Å². The lowest BCUT2D eigenvalue weighted by molar-refractivity contribution is 0.434. The van der Waals surface area contributed by atoms with Gasteiger partial charge in [-0.3, -0.25) is 4.98 Å². The zero-order valence-electron chi connectivity index (χ0n) is 21.0. The van der Waals surface area contributed by atoms with E-state index in [-0.39, 0.29) is 11.9 Å². The van der Waals surface area contributed by atoms with Crippen LogP contribution in [0.15, 0.2) is 48.8 Å². The molecule has 3 aromatic rings. The summed E-state index contributed by atoms with van der Waals surface area (Å²) in [6.45, 7) is 13.9. The van der Waals surface area contributed by atoms with E-state index in [1.807, 2.05) is 33.3 Å². The molecule has 1 N–H and O–H groups in total. The maximum Gasteiger partial charge on any atom is 0.151 e. The van der Waals surface area contributed by atoms with Crippen LogP contribution in [0.5, 0.6) is 0 Å². The number of hydrogen-bond acceptors (Lipinski definition) is 4. The van der Waals surface area contributed by atoms with Gasteiger partial charge in [0.05, 0.1) is 11.2 Å². The van der Waals surface area contributed by atoms with Gasteiger partial charge < -0.3 is 14.8 Å². The maximum atomic E-state index is 15.2. The molecule has 0 radical (unpaired) electrons. The monoisotopic (exact) mass is 459 g/mol. The summed E-state index contributed by atoms with van der Waals surface area (Å²) in [5.41, 5.74) is 8.32. The van der Waals surface area contributed by atoms with E-state index in [9.17, 15) is 0 Å². The largest absolute Gasteiger partial charge is 0.387 e. The predicted molar refractivity (Wildman–Crippen MR) is 139 cm³/mol. The fourth-order valence-electron chi connectivity index (χ4n) is 4.88. The number of aryl methyl sites for hydroxylation is 1. The molecule has 0 saturated heterocycles. The molecule has 1 aliphatic rings. The second kappa shape index (κ2) is 9.55. The Bertz CT molecular complexity index is 1310. The number of imidazole rings is 1. The molecular weight excluding hydrogens is 425 g/mol.